The number of halogens is 1. The average Bonchev–Trinajstić information content (AvgIpc) is 2.99. The van der Waals surface area contributed by atoms with Crippen LogP contribution in [0.25, 0.3) is 0 Å². The zero-order valence-corrected chi connectivity index (χ0v) is 16.8. The van der Waals surface area contributed by atoms with Crippen LogP contribution in [0.2, 0.25) is 0 Å². The summed E-state index contributed by atoms with van der Waals surface area (Å²) in [5.41, 5.74) is 0. The summed E-state index contributed by atoms with van der Waals surface area (Å²) in [7, 11) is 1.76. The lowest BCUT2D eigenvalue weighted by molar-refractivity contribution is 0.0957. The van der Waals surface area contributed by atoms with Gasteiger partial charge in [0.2, 0.25) is 0 Å². The van der Waals surface area contributed by atoms with Crippen molar-refractivity contribution in [3.63, 3.8) is 0 Å². The number of hydrogen-bond acceptors (Lipinski definition) is 3. The minimum absolute atomic E-state index is 0. The highest BCUT2D eigenvalue weighted by atomic mass is 127. The number of nitrogens with zero attached hydrogens (tertiary/aromatic N) is 1. The minimum Gasteiger partial charge on any atom is -0.356 e. The van der Waals surface area contributed by atoms with Crippen molar-refractivity contribution in [1.29, 1.82) is 0 Å². The first-order valence-corrected chi connectivity index (χ1v) is 8.21. The lowest BCUT2D eigenvalue weighted by Gasteiger charge is -2.20. The fourth-order valence-corrected chi connectivity index (χ4v) is 2.21. The minimum atomic E-state index is 0. The number of carbonyl (C=O) groups excluding carboxylic acids is 1. The third-order valence-electron chi connectivity index (χ3n) is 3.26. The Morgan fingerprint density at radius 2 is 1.95 bits per heavy atom. The number of carbonyl (C=O) groups is 1. The van der Waals surface area contributed by atoms with Crippen molar-refractivity contribution < 1.29 is 4.79 Å². The van der Waals surface area contributed by atoms with Gasteiger partial charge in [0.15, 0.2) is 5.96 Å². The summed E-state index contributed by atoms with van der Waals surface area (Å²) in [6.07, 6.45) is 0.855. The van der Waals surface area contributed by atoms with Crippen LogP contribution in [0.5, 0.6) is 0 Å². The van der Waals surface area contributed by atoms with Gasteiger partial charge in [-0.05, 0) is 30.7 Å². The summed E-state index contributed by atoms with van der Waals surface area (Å²) in [4.78, 5) is 16.7. The number of aliphatic imine (C=N–C) groups is 1. The maximum atomic E-state index is 11.7. The lowest BCUT2D eigenvalue weighted by atomic mass is 10.1. The van der Waals surface area contributed by atoms with Gasteiger partial charge >= 0.3 is 0 Å². The maximum Gasteiger partial charge on any atom is 0.261 e. The summed E-state index contributed by atoms with van der Waals surface area (Å²) in [6.45, 7) is 7.91. The van der Waals surface area contributed by atoms with Gasteiger partial charge in [0.1, 0.15) is 0 Å². The van der Waals surface area contributed by atoms with E-state index in [-0.39, 0.29) is 29.9 Å². The van der Waals surface area contributed by atoms with Crippen molar-refractivity contribution in [1.82, 2.24) is 16.0 Å². The standard InChI is InChI=1S/C15H26N4OS.HI/c1-11(2)12(3)19-15(16-4)18-9-6-8-17-14(20)13-7-5-10-21-13;/h5,7,10-12H,6,8-9H2,1-4H3,(H,17,20)(H2,16,18,19);1H. The molecule has 126 valence electrons. The van der Waals surface area contributed by atoms with E-state index in [0.717, 1.165) is 23.8 Å². The van der Waals surface area contributed by atoms with E-state index in [1.807, 2.05) is 17.5 Å². The quantitative estimate of drug-likeness (QED) is 0.266. The molecule has 0 bridgehead atoms. The molecule has 1 unspecified atom stereocenters. The normalized spacial score (nSPS) is 12.5. The molecule has 0 radical (unpaired) electrons. The third kappa shape index (κ3) is 7.98. The van der Waals surface area contributed by atoms with E-state index in [4.69, 9.17) is 0 Å². The van der Waals surface area contributed by atoms with Crippen LogP contribution in [-0.4, -0.2) is 38.0 Å². The van der Waals surface area contributed by atoms with E-state index in [2.05, 4.69) is 41.7 Å². The van der Waals surface area contributed by atoms with Crippen molar-refractivity contribution in [2.24, 2.45) is 10.9 Å². The predicted molar refractivity (Wildman–Crippen MR) is 105 cm³/mol. The molecular formula is C15H27IN4OS. The largest absolute Gasteiger partial charge is 0.356 e. The number of hydrogen-bond donors (Lipinski definition) is 3. The summed E-state index contributed by atoms with van der Waals surface area (Å²) in [5, 5.41) is 11.4. The molecule has 1 aromatic rings. The molecule has 0 aromatic carbocycles. The Labute approximate surface area is 154 Å². The van der Waals surface area contributed by atoms with E-state index >= 15 is 0 Å². The highest BCUT2D eigenvalue weighted by Gasteiger charge is 2.08. The first kappa shape index (κ1) is 21.2. The zero-order chi connectivity index (χ0) is 15.7. The second kappa shape index (κ2) is 11.7. The lowest BCUT2D eigenvalue weighted by Crippen LogP contribution is -2.44. The molecule has 1 rings (SSSR count). The molecule has 0 fully saturated rings. The number of nitrogens with one attached hydrogen (secondary N) is 3. The molecule has 0 spiro atoms. The fraction of sp³-hybridized carbons (Fsp3) is 0.600. The van der Waals surface area contributed by atoms with E-state index in [0.29, 0.717) is 18.5 Å². The highest BCUT2D eigenvalue weighted by Crippen LogP contribution is 2.07. The van der Waals surface area contributed by atoms with E-state index in [1.54, 1.807) is 7.05 Å². The molecule has 1 atom stereocenters. The van der Waals surface area contributed by atoms with Gasteiger partial charge in [0.05, 0.1) is 4.88 Å². The monoisotopic (exact) mass is 438 g/mol. The first-order chi connectivity index (χ1) is 10.0. The number of thiophene rings is 1. The van der Waals surface area contributed by atoms with Crippen LogP contribution in [0.15, 0.2) is 22.5 Å². The van der Waals surface area contributed by atoms with Crippen molar-refractivity contribution in [2.45, 2.75) is 33.2 Å². The van der Waals surface area contributed by atoms with Gasteiger partial charge < -0.3 is 16.0 Å². The molecule has 1 heterocycles. The van der Waals surface area contributed by atoms with Crippen molar-refractivity contribution in [3.05, 3.63) is 22.4 Å². The average molecular weight is 438 g/mol. The zero-order valence-electron chi connectivity index (χ0n) is 13.7. The molecule has 0 aliphatic rings. The Morgan fingerprint density at radius 1 is 1.27 bits per heavy atom. The van der Waals surface area contributed by atoms with Crippen molar-refractivity contribution >= 4 is 47.2 Å². The summed E-state index contributed by atoms with van der Waals surface area (Å²) >= 11 is 1.46. The molecular weight excluding hydrogens is 411 g/mol. The third-order valence-corrected chi connectivity index (χ3v) is 4.13. The smallest absolute Gasteiger partial charge is 0.261 e. The van der Waals surface area contributed by atoms with Crippen molar-refractivity contribution in [3.8, 4) is 0 Å². The van der Waals surface area contributed by atoms with Gasteiger partial charge in [-0.15, -0.1) is 35.3 Å². The molecule has 0 aliphatic carbocycles. The number of amides is 1. The van der Waals surface area contributed by atoms with Gasteiger partial charge in [-0.3, -0.25) is 9.79 Å². The Hall–Kier alpha value is -0.830. The molecule has 5 nitrogen and oxygen atoms in total. The maximum absolute atomic E-state index is 11.7. The molecule has 1 amide bonds. The Morgan fingerprint density at radius 3 is 2.50 bits per heavy atom. The number of guanidine groups is 1. The van der Waals surface area contributed by atoms with Gasteiger partial charge in [-0.1, -0.05) is 19.9 Å². The van der Waals surface area contributed by atoms with E-state index < -0.39 is 0 Å². The van der Waals surface area contributed by atoms with Crippen LogP contribution < -0.4 is 16.0 Å². The molecule has 0 aliphatic heterocycles. The predicted octanol–water partition coefficient (Wildman–Crippen LogP) is 2.70. The summed E-state index contributed by atoms with van der Waals surface area (Å²) in [6, 6.07) is 4.08. The van der Waals surface area contributed by atoms with Gasteiger partial charge in [-0.2, -0.15) is 0 Å². The highest BCUT2D eigenvalue weighted by molar-refractivity contribution is 14.0. The van der Waals surface area contributed by atoms with Crippen molar-refractivity contribution in [2.75, 3.05) is 20.1 Å². The van der Waals surface area contributed by atoms with Crippen LogP contribution >= 0.6 is 35.3 Å². The summed E-state index contributed by atoms with van der Waals surface area (Å²) in [5.74, 6) is 1.36. The van der Waals surface area contributed by atoms with Gasteiger partial charge in [-0.25, -0.2) is 0 Å². The Balaban J connectivity index is 0.00000441. The second-order valence-corrected chi connectivity index (χ2v) is 6.21. The molecule has 1 aromatic heterocycles. The molecule has 22 heavy (non-hydrogen) atoms. The first-order valence-electron chi connectivity index (χ1n) is 7.33. The molecule has 0 saturated heterocycles. The Kier molecular flexibility index (Phi) is 11.3. The molecule has 0 saturated carbocycles. The Bertz CT molecular complexity index is 448. The van der Waals surface area contributed by atoms with Crippen LogP contribution in [0.1, 0.15) is 36.9 Å². The van der Waals surface area contributed by atoms with Crippen LogP contribution in [0.4, 0.5) is 0 Å². The second-order valence-electron chi connectivity index (χ2n) is 5.26. The van der Waals surface area contributed by atoms with Crippen LogP contribution in [0, 0.1) is 5.92 Å². The topological polar surface area (TPSA) is 65.5 Å². The molecule has 7 heteroatoms. The van der Waals surface area contributed by atoms with Gasteiger partial charge in [0.25, 0.3) is 5.91 Å². The summed E-state index contributed by atoms with van der Waals surface area (Å²) < 4.78 is 0. The van der Waals surface area contributed by atoms with Gasteiger partial charge in [0, 0.05) is 26.2 Å². The SMILES string of the molecule is CN=C(NCCCNC(=O)c1cccs1)NC(C)C(C)C.I. The van der Waals surface area contributed by atoms with Crippen LogP contribution in [0.3, 0.4) is 0 Å². The fourth-order valence-electron chi connectivity index (χ4n) is 1.57. The van der Waals surface area contributed by atoms with E-state index in [1.165, 1.54) is 11.3 Å². The van der Waals surface area contributed by atoms with Crippen LogP contribution in [-0.2, 0) is 0 Å². The molecule has 3 N–H and O–H groups in total. The van der Waals surface area contributed by atoms with E-state index in [9.17, 15) is 4.79 Å². The number of rotatable bonds is 7.